The monoisotopic (exact) mass is 166 g/mol. The van der Waals surface area contributed by atoms with Gasteiger partial charge in [-0.3, -0.25) is 4.79 Å². The van der Waals surface area contributed by atoms with Crippen LogP contribution in [0.5, 0.6) is 0 Å². The van der Waals surface area contributed by atoms with Gasteiger partial charge >= 0.3 is 0 Å². The van der Waals surface area contributed by atoms with Crippen LogP contribution in [-0.4, -0.2) is 24.4 Å². The smallest absolute Gasteiger partial charge is 0.248 e. The van der Waals surface area contributed by atoms with E-state index < -0.39 is 0 Å². The van der Waals surface area contributed by atoms with Crippen LogP contribution in [0.1, 0.15) is 13.3 Å². The zero-order valence-electron chi connectivity index (χ0n) is 7.50. The van der Waals surface area contributed by atoms with Crippen LogP contribution in [0.25, 0.3) is 0 Å². The summed E-state index contributed by atoms with van der Waals surface area (Å²) >= 11 is 0. The molecule has 0 unspecified atom stereocenters. The third-order valence-corrected chi connectivity index (χ3v) is 1.67. The molecular formula is C9H14N2O. The summed E-state index contributed by atoms with van der Waals surface area (Å²) in [6.45, 7) is 2.60. The van der Waals surface area contributed by atoms with Crippen LogP contribution in [0, 0.1) is 0 Å². The van der Waals surface area contributed by atoms with Crippen LogP contribution >= 0.6 is 0 Å². The lowest BCUT2D eigenvalue weighted by Gasteiger charge is -2.15. The van der Waals surface area contributed by atoms with E-state index in [0.717, 1.165) is 12.0 Å². The van der Waals surface area contributed by atoms with Crippen molar-refractivity contribution in [2.75, 3.05) is 13.6 Å². The van der Waals surface area contributed by atoms with Gasteiger partial charge in [0.25, 0.3) is 0 Å². The normalized spacial score (nSPS) is 15.8. The Hall–Kier alpha value is -1.25. The van der Waals surface area contributed by atoms with Crippen molar-refractivity contribution in [3.8, 4) is 0 Å². The van der Waals surface area contributed by atoms with Crippen molar-refractivity contribution in [2.24, 2.45) is 0 Å². The first-order valence-electron chi connectivity index (χ1n) is 4.11. The predicted octanol–water partition coefficient (Wildman–Crippen LogP) is 0.856. The number of hydrogen-bond acceptors (Lipinski definition) is 2. The molecule has 3 nitrogen and oxygen atoms in total. The second kappa shape index (κ2) is 3.95. The number of nitrogens with one attached hydrogen (secondary N) is 1. The number of hydrogen-bond donors (Lipinski definition) is 1. The Morgan fingerprint density at radius 2 is 2.50 bits per heavy atom. The third-order valence-electron chi connectivity index (χ3n) is 1.67. The van der Waals surface area contributed by atoms with Crippen molar-refractivity contribution in [1.29, 1.82) is 0 Å². The van der Waals surface area contributed by atoms with Crippen LogP contribution in [-0.2, 0) is 4.79 Å². The van der Waals surface area contributed by atoms with Gasteiger partial charge in [0.1, 0.15) is 0 Å². The van der Waals surface area contributed by atoms with E-state index in [1.165, 1.54) is 0 Å². The Balaban J connectivity index is 2.57. The molecule has 1 amide bonds. The number of carbonyl (C=O) groups is 1. The van der Waals surface area contributed by atoms with Crippen molar-refractivity contribution in [2.45, 2.75) is 13.3 Å². The second-order valence-corrected chi connectivity index (χ2v) is 2.77. The molecule has 0 radical (unpaired) electrons. The maximum atomic E-state index is 11.3. The Labute approximate surface area is 72.7 Å². The van der Waals surface area contributed by atoms with Crippen molar-refractivity contribution in [3.05, 3.63) is 24.0 Å². The highest BCUT2D eigenvalue weighted by Gasteiger charge is 2.09. The quantitative estimate of drug-likeness (QED) is 0.659. The number of likely N-dealkylation sites (N-methyl/N-ethyl adjacent to an activating group) is 1. The Morgan fingerprint density at radius 3 is 3.08 bits per heavy atom. The minimum atomic E-state index is 0.0358. The molecule has 1 rings (SSSR count). The topological polar surface area (TPSA) is 32.3 Å². The largest absolute Gasteiger partial charge is 0.357 e. The van der Waals surface area contributed by atoms with Crippen molar-refractivity contribution in [1.82, 2.24) is 10.2 Å². The van der Waals surface area contributed by atoms with E-state index in [4.69, 9.17) is 0 Å². The molecule has 0 aliphatic carbocycles. The van der Waals surface area contributed by atoms with E-state index in [0.29, 0.717) is 6.54 Å². The Kier molecular flexibility index (Phi) is 2.91. The zero-order valence-corrected chi connectivity index (χ0v) is 7.50. The minimum absolute atomic E-state index is 0.0358. The van der Waals surface area contributed by atoms with Gasteiger partial charge in [-0.1, -0.05) is 6.08 Å². The molecule has 1 aliphatic heterocycles. The maximum absolute atomic E-state index is 11.3. The summed E-state index contributed by atoms with van der Waals surface area (Å²) in [7, 11) is 1.91. The third kappa shape index (κ3) is 2.12. The molecule has 1 N–H and O–H groups in total. The molecule has 1 aliphatic rings. The molecule has 0 spiro atoms. The first kappa shape index (κ1) is 8.84. The molecule has 0 aromatic carbocycles. The van der Waals surface area contributed by atoms with E-state index in [2.05, 4.69) is 5.32 Å². The fraction of sp³-hybridized carbons (Fsp3) is 0.444. The van der Waals surface area contributed by atoms with E-state index >= 15 is 0 Å². The predicted molar refractivity (Wildman–Crippen MR) is 48.3 cm³/mol. The van der Waals surface area contributed by atoms with Crippen LogP contribution < -0.4 is 5.32 Å². The fourth-order valence-corrected chi connectivity index (χ4v) is 1.11. The number of amides is 1. The molecule has 0 bridgehead atoms. The molecule has 12 heavy (non-hydrogen) atoms. The van der Waals surface area contributed by atoms with Crippen molar-refractivity contribution >= 4 is 5.91 Å². The first-order valence-corrected chi connectivity index (χ1v) is 4.11. The molecule has 0 saturated heterocycles. The number of nitrogens with zero attached hydrogens (tertiary/aromatic N) is 1. The Morgan fingerprint density at radius 1 is 1.75 bits per heavy atom. The van der Waals surface area contributed by atoms with Crippen LogP contribution in [0.2, 0.25) is 0 Å². The van der Waals surface area contributed by atoms with Crippen molar-refractivity contribution < 1.29 is 4.79 Å². The highest BCUT2D eigenvalue weighted by Crippen LogP contribution is 2.09. The number of carbonyl (C=O) groups excluding carboxylic acids is 1. The summed E-state index contributed by atoms with van der Waals surface area (Å²) in [6, 6.07) is 0. The summed E-state index contributed by atoms with van der Waals surface area (Å²) in [6.07, 6.45) is 6.51. The van der Waals surface area contributed by atoms with Crippen LogP contribution in [0.3, 0.4) is 0 Å². The highest BCUT2D eigenvalue weighted by atomic mass is 16.1. The molecule has 0 atom stereocenters. The fourth-order valence-electron chi connectivity index (χ4n) is 1.11. The van der Waals surface area contributed by atoms with Gasteiger partial charge in [-0.25, -0.2) is 0 Å². The van der Waals surface area contributed by atoms with E-state index in [1.54, 1.807) is 0 Å². The summed E-state index contributed by atoms with van der Waals surface area (Å²) in [4.78, 5) is 13.2. The molecule has 0 fully saturated rings. The van der Waals surface area contributed by atoms with Crippen molar-refractivity contribution in [3.63, 3.8) is 0 Å². The molecular weight excluding hydrogens is 152 g/mol. The Bertz CT molecular complexity index is 231. The van der Waals surface area contributed by atoms with Gasteiger partial charge in [0, 0.05) is 25.4 Å². The van der Waals surface area contributed by atoms with Gasteiger partial charge < -0.3 is 10.2 Å². The van der Waals surface area contributed by atoms with Gasteiger partial charge in [0.15, 0.2) is 0 Å². The van der Waals surface area contributed by atoms with E-state index in [-0.39, 0.29) is 5.91 Å². The highest BCUT2D eigenvalue weighted by molar-refractivity contribution is 5.93. The second-order valence-electron chi connectivity index (χ2n) is 2.77. The van der Waals surface area contributed by atoms with Crippen LogP contribution in [0.4, 0.5) is 0 Å². The first-order chi connectivity index (χ1) is 5.74. The van der Waals surface area contributed by atoms with Gasteiger partial charge in [0.2, 0.25) is 5.91 Å². The SMILES string of the molecule is CCNC(=O)C1=CN(C)C=CC1. The van der Waals surface area contributed by atoms with E-state index in [9.17, 15) is 4.79 Å². The number of allylic oxidation sites excluding steroid dienone is 1. The summed E-state index contributed by atoms with van der Waals surface area (Å²) in [5.41, 5.74) is 0.821. The molecule has 0 saturated carbocycles. The lowest BCUT2D eigenvalue weighted by molar-refractivity contribution is -0.117. The molecule has 1 heterocycles. The summed E-state index contributed by atoms with van der Waals surface area (Å²) in [5, 5.41) is 2.77. The number of rotatable bonds is 2. The average molecular weight is 166 g/mol. The molecule has 0 aromatic heterocycles. The lowest BCUT2D eigenvalue weighted by atomic mass is 10.1. The minimum Gasteiger partial charge on any atom is -0.357 e. The van der Waals surface area contributed by atoms with Crippen LogP contribution in [0.15, 0.2) is 24.0 Å². The summed E-state index contributed by atoms with van der Waals surface area (Å²) in [5.74, 6) is 0.0358. The standard InChI is InChI=1S/C9H14N2O/c1-3-10-9(12)8-5-4-6-11(2)7-8/h4,6-7H,3,5H2,1-2H3,(H,10,12). The zero-order chi connectivity index (χ0) is 8.97. The van der Waals surface area contributed by atoms with Gasteiger partial charge in [0.05, 0.1) is 0 Å². The van der Waals surface area contributed by atoms with Gasteiger partial charge in [-0.2, -0.15) is 0 Å². The van der Waals surface area contributed by atoms with Gasteiger partial charge in [-0.15, -0.1) is 0 Å². The van der Waals surface area contributed by atoms with Gasteiger partial charge in [-0.05, 0) is 19.5 Å². The lowest BCUT2D eigenvalue weighted by Crippen LogP contribution is -2.26. The summed E-state index contributed by atoms with van der Waals surface area (Å²) < 4.78 is 0. The maximum Gasteiger partial charge on any atom is 0.248 e. The molecule has 0 aromatic rings. The molecule has 3 heteroatoms. The van der Waals surface area contributed by atoms with E-state index in [1.807, 2.05) is 37.3 Å². The molecule has 66 valence electrons. The average Bonchev–Trinajstić information content (AvgIpc) is 2.05.